The number of quaternary nitrogens is 1. The van der Waals surface area contributed by atoms with E-state index in [0.29, 0.717) is 0 Å². The average molecular weight is 258 g/mol. The van der Waals surface area contributed by atoms with E-state index in [1.54, 1.807) is 0 Å². The minimum Gasteiger partial charge on any atom is -0.474 e. The molecule has 0 fully saturated rings. The first-order chi connectivity index (χ1) is 8.39. The van der Waals surface area contributed by atoms with E-state index in [0.717, 1.165) is 11.5 Å². The van der Waals surface area contributed by atoms with Gasteiger partial charge in [0.15, 0.2) is 0 Å². The topological polar surface area (TPSA) is 79.2 Å². The Bertz CT molecular complexity index is 564. The molecule has 0 bridgehead atoms. The molecule has 0 atom stereocenters. The number of nitrogens with zero attached hydrogens (tertiary/aromatic N) is 2. The Hall–Kier alpha value is -2.22. The molecule has 1 aromatic rings. The van der Waals surface area contributed by atoms with Gasteiger partial charge in [-0.1, -0.05) is 11.2 Å². The summed E-state index contributed by atoms with van der Waals surface area (Å²) in [6.07, 6.45) is -3.40. The minimum atomic E-state index is -4.57. The first-order valence-corrected chi connectivity index (χ1v) is 4.78. The predicted molar refractivity (Wildman–Crippen MR) is 54.2 cm³/mol. The highest BCUT2D eigenvalue weighted by Gasteiger charge is 2.33. The monoisotopic (exact) mass is 258 g/mol. The van der Waals surface area contributed by atoms with E-state index in [4.69, 9.17) is 5.11 Å². The fourth-order valence-corrected chi connectivity index (χ4v) is 1.44. The average Bonchev–Trinajstić information content (AvgIpc) is 2.77. The van der Waals surface area contributed by atoms with Crippen molar-refractivity contribution in [2.24, 2.45) is 5.10 Å². The maximum absolute atomic E-state index is 12.5. The fraction of sp³-hybridized carbons (Fsp3) is 0.100. The molecule has 5 nitrogen and oxygen atoms in total. The molecule has 0 aliphatic carbocycles. The quantitative estimate of drug-likeness (QED) is 0.756. The van der Waals surface area contributed by atoms with Crippen molar-refractivity contribution in [2.75, 3.05) is 0 Å². The Kier molecular flexibility index (Phi) is 2.87. The largest absolute Gasteiger partial charge is 0.474 e. The second kappa shape index (κ2) is 4.22. The summed E-state index contributed by atoms with van der Waals surface area (Å²) in [7, 11) is 0. The van der Waals surface area contributed by atoms with E-state index in [-0.39, 0.29) is 17.0 Å². The summed E-state index contributed by atoms with van der Waals surface area (Å²) in [5.74, 6) is -1.26. The molecule has 0 saturated heterocycles. The van der Waals surface area contributed by atoms with Crippen LogP contribution in [0.1, 0.15) is 11.4 Å². The summed E-state index contributed by atoms with van der Waals surface area (Å²) >= 11 is 0. The molecule has 94 valence electrons. The van der Waals surface area contributed by atoms with Gasteiger partial charge in [-0.05, 0) is 12.1 Å². The molecule has 0 radical (unpaired) electrons. The van der Waals surface area contributed by atoms with Gasteiger partial charge in [-0.3, -0.25) is 0 Å². The lowest BCUT2D eigenvalue weighted by atomic mass is 10.1. The standard InChI is InChI=1S/C10H6F3N3O2/c11-10(12,13)7-3-1-2-6(15-7)5-4-14-16-8(5)9(17)18/h1-4H,(H,14,16)(H,17,18)/p+1. The molecule has 3 N–H and O–H groups in total. The summed E-state index contributed by atoms with van der Waals surface area (Å²) < 4.78 is 37.4. The maximum Gasteiger partial charge on any atom is 0.433 e. The minimum absolute atomic E-state index is 0.0635. The number of carboxylic acids is 1. The molecule has 0 unspecified atom stereocenters. The van der Waals surface area contributed by atoms with Crippen LogP contribution in [-0.4, -0.2) is 22.3 Å². The number of aromatic nitrogens is 1. The van der Waals surface area contributed by atoms with E-state index < -0.39 is 17.8 Å². The fourth-order valence-electron chi connectivity index (χ4n) is 1.44. The second-order valence-electron chi connectivity index (χ2n) is 3.45. The maximum atomic E-state index is 12.5. The van der Waals surface area contributed by atoms with Gasteiger partial charge in [-0.2, -0.15) is 18.6 Å². The van der Waals surface area contributed by atoms with E-state index >= 15 is 0 Å². The summed E-state index contributed by atoms with van der Waals surface area (Å²) in [4.78, 5) is 14.2. The van der Waals surface area contributed by atoms with Crippen LogP contribution >= 0.6 is 0 Å². The molecule has 2 rings (SSSR count). The predicted octanol–water partition coefficient (Wildman–Crippen LogP) is 0.459. The van der Waals surface area contributed by atoms with Crippen molar-refractivity contribution in [3.63, 3.8) is 0 Å². The van der Waals surface area contributed by atoms with Gasteiger partial charge in [0.2, 0.25) is 0 Å². The Morgan fingerprint density at radius 2 is 2.06 bits per heavy atom. The van der Waals surface area contributed by atoms with Crippen LogP contribution in [0.15, 0.2) is 29.0 Å². The van der Waals surface area contributed by atoms with Crippen LogP contribution in [0.4, 0.5) is 13.2 Å². The van der Waals surface area contributed by atoms with Crippen LogP contribution in [0.25, 0.3) is 5.57 Å². The van der Waals surface area contributed by atoms with Crippen molar-refractivity contribution in [2.45, 2.75) is 6.18 Å². The number of hydrogen-bond donors (Lipinski definition) is 2. The first-order valence-electron chi connectivity index (χ1n) is 4.78. The Morgan fingerprint density at radius 1 is 1.33 bits per heavy atom. The normalized spacial score (nSPS) is 15.3. The number of rotatable bonds is 2. The van der Waals surface area contributed by atoms with E-state index in [9.17, 15) is 18.0 Å². The van der Waals surface area contributed by atoms with Crippen molar-refractivity contribution < 1.29 is 28.5 Å². The number of alkyl halides is 3. The van der Waals surface area contributed by atoms with Gasteiger partial charge in [-0.25, -0.2) is 9.78 Å². The van der Waals surface area contributed by atoms with Crippen molar-refractivity contribution in [3.05, 3.63) is 35.3 Å². The van der Waals surface area contributed by atoms with Gasteiger partial charge < -0.3 is 5.11 Å². The molecule has 8 heteroatoms. The SMILES string of the molecule is O=C(O)C1=C(c2cccc(C(F)(F)F)n2)C=N[NH2+]1. The zero-order valence-electron chi connectivity index (χ0n) is 8.77. The van der Waals surface area contributed by atoms with Gasteiger partial charge in [0.05, 0.1) is 17.5 Å². The Morgan fingerprint density at radius 3 is 2.67 bits per heavy atom. The number of allylic oxidation sites excluding steroid dienone is 1. The summed E-state index contributed by atoms with van der Waals surface area (Å²) in [5.41, 5.74) is -0.188. The van der Waals surface area contributed by atoms with Crippen LogP contribution in [0, 0.1) is 0 Å². The molecular formula is C10H7F3N3O2+. The number of hydrogen-bond acceptors (Lipinski definition) is 3. The lowest BCUT2D eigenvalue weighted by molar-refractivity contribution is -0.603. The Labute approximate surface area is 98.6 Å². The molecule has 1 aromatic heterocycles. The molecule has 0 saturated carbocycles. The molecule has 2 heterocycles. The van der Waals surface area contributed by atoms with Crippen LogP contribution in [0.3, 0.4) is 0 Å². The van der Waals surface area contributed by atoms with Crippen LogP contribution in [-0.2, 0) is 11.0 Å². The molecule has 1 aliphatic heterocycles. The number of halogens is 3. The van der Waals surface area contributed by atoms with Crippen LogP contribution in [0.2, 0.25) is 0 Å². The molecule has 18 heavy (non-hydrogen) atoms. The number of pyridine rings is 1. The van der Waals surface area contributed by atoms with Gasteiger partial charge >= 0.3 is 12.1 Å². The number of carboxylic acid groups (broad SMARTS) is 1. The lowest BCUT2D eigenvalue weighted by Gasteiger charge is -2.06. The van der Waals surface area contributed by atoms with Crippen molar-refractivity contribution in [1.29, 1.82) is 0 Å². The van der Waals surface area contributed by atoms with E-state index in [1.807, 2.05) is 0 Å². The van der Waals surface area contributed by atoms with Gasteiger partial charge in [-0.15, -0.1) is 0 Å². The first kappa shape index (κ1) is 12.2. The van der Waals surface area contributed by atoms with Crippen LogP contribution < -0.4 is 5.43 Å². The van der Waals surface area contributed by atoms with Crippen molar-refractivity contribution in [3.8, 4) is 0 Å². The molecule has 0 aromatic carbocycles. The smallest absolute Gasteiger partial charge is 0.433 e. The third-order valence-corrected chi connectivity index (χ3v) is 2.24. The zero-order valence-corrected chi connectivity index (χ0v) is 8.77. The summed E-state index contributed by atoms with van der Waals surface area (Å²) in [6.45, 7) is 0. The summed E-state index contributed by atoms with van der Waals surface area (Å²) in [6, 6.07) is 3.29. The molecule has 1 aliphatic rings. The molecule has 0 spiro atoms. The number of carbonyl (C=O) groups is 1. The van der Waals surface area contributed by atoms with E-state index in [1.165, 1.54) is 18.3 Å². The highest BCUT2D eigenvalue weighted by Crippen LogP contribution is 2.28. The van der Waals surface area contributed by atoms with Gasteiger partial charge in [0.25, 0.3) is 5.70 Å². The van der Waals surface area contributed by atoms with Gasteiger partial charge in [0.1, 0.15) is 5.69 Å². The van der Waals surface area contributed by atoms with Crippen molar-refractivity contribution >= 4 is 17.8 Å². The summed E-state index contributed by atoms with van der Waals surface area (Å²) in [5, 5.41) is 12.5. The van der Waals surface area contributed by atoms with Gasteiger partial charge in [0, 0.05) is 0 Å². The zero-order chi connectivity index (χ0) is 13.3. The molecular weight excluding hydrogens is 251 g/mol. The van der Waals surface area contributed by atoms with Crippen molar-refractivity contribution in [1.82, 2.24) is 4.98 Å². The lowest BCUT2D eigenvalue weighted by Crippen LogP contribution is -2.75. The molecule has 0 amide bonds. The van der Waals surface area contributed by atoms with Crippen LogP contribution in [0.5, 0.6) is 0 Å². The third kappa shape index (κ3) is 2.23. The third-order valence-electron chi connectivity index (χ3n) is 2.24. The number of aliphatic carboxylic acids is 1. The second-order valence-corrected chi connectivity index (χ2v) is 3.45. The Balaban J connectivity index is 2.49. The highest BCUT2D eigenvalue weighted by atomic mass is 19.4. The number of nitrogens with two attached hydrogens (primary N) is 1. The highest BCUT2D eigenvalue weighted by molar-refractivity contribution is 6.16. The van der Waals surface area contributed by atoms with E-state index in [2.05, 4.69) is 10.1 Å².